The van der Waals surface area contributed by atoms with Crippen molar-refractivity contribution in [2.75, 3.05) is 33.3 Å². The molecule has 0 bridgehead atoms. The molecule has 676 valence electrons. The second-order valence-corrected chi connectivity index (χ2v) is 36.2. The van der Waals surface area contributed by atoms with Crippen LogP contribution in [-0.2, 0) is 57.4 Å². The number of hydrogen-bond donors (Lipinski definition) is 0. The van der Waals surface area contributed by atoms with Crippen molar-refractivity contribution in [3.63, 3.8) is 0 Å². The lowest BCUT2D eigenvalue weighted by atomic mass is 9.85. The van der Waals surface area contributed by atoms with Gasteiger partial charge in [0, 0.05) is 85.8 Å². The standard InChI is InChI=1S/C18H18O2.C11H14O2.C10H11BrO.C10H12O.C8H16O.C7H12O2.C5H7Cl3O.C5H8Cl2O.C5H9ClO.C5H7F3O.C5H10O2.C5H10O/c1-12(2)18(19)20-11-17-15-9-5-3-7-13(15)14-8-4-6-10-16(14)17;1-8(2)11(12)9-4-6-10(13-3)7-5-9;1-7(2)10(12)8-3-5-9(11)6-4-8;1-8(2)10(11)9-6-4-3-5-7-9;1-6(2)7(9)8(3,4)5;1-4-5-9-7(8)6(2)3;1-3(2)4(9)5(6,7)8;1-3(2)4(8)5(6)7;1-4(2)5(7)3-6;1-3(2)4(9)5(6,7)8;1-4(2)5(6)7-3;1-4(2)5(3)6/h3-10,12,17H,11H2,1-2H3;4-8H,1-3H3;3-7H,1-2H3;3-8H,1-2H3;6H,1-5H3;4,6H,1,5H2,2-3H3;3H,1-2H3;3,5H,1-2H3;4H,3H2,1-2H3;3H,1-2H3;4H,1-3H3;4H,1-3H3. The Morgan fingerprint density at radius 2 is 0.767 bits per heavy atom. The van der Waals surface area contributed by atoms with Crippen molar-refractivity contribution >= 4 is 155 Å². The van der Waals surface area contributed by atoms with Gasteiger partial charge in [-0.1, -0.05) is 365 Å². The van der Waals surface area contributed by atoms with E-state index in [9.17, 15) is 70.7 Å². The average Bonchev–Trinajstić information content (AvgIpc) is 1.62. The number of esters is 3. The molecule has 0 N–H and O–H groups in total. The fourth-order valence-corrected chi connectivity index (χ4v) is 9.95. The molecule has 0 atom stereocenters. The summed E-state index contributed by atoms with van der Waals surface area (Å²) in [5, 5.41) is 0. The summed E-state index contributed by atoms with van der Waals surface area (Å²) >= 11 is 34.8. The number of carbonyl (C=O) groups excluding carboxylic acids is 12. The Labute approximate surface area is 753 Å². The molecule has 120 heavy (non-hydrogen) atoms. The van der Waals surface area contributed by atoms with Crippen LogP contribution in [0.1, 0.15) is 242 Å². The van der Waals surface area contributed by atoms with Crippen LogP contribution in [0.4, 0.5) is 13.2 Å². The monoisotopic (exact) mass is 1860 g/mol. The number of fused-ring (bicyclic) bond motifs is 3. The normalized spacial score (nSPS) is 11.0. The smallest absolute Gasteiger partial charge is 0.450 e. The lowest BCUT2D eigenvalue weighted by Gasteiger charge is -2.18. The van der Waals surface area contributed by atoms with E-state index in [-0.39, 0.29) is 141 Å². The van der Waals surface area contributed by atoms with Gasteiger partial charge in [0.2, 0.25) is 9.58 Å². The molecule has 5 aromatic rings. The van der Waals surface area contributed by atoms with E-state index in [0.29, 0.717) is 19.0 Å². The van der Waals surface area contributed by atoms with Crippen molar-refractivity contribution < 1.29 is 89.7 Å². The van der Waals surface area contributed by atoms with E-state index in [1.54, 1.807) is 99.8 Å². The SMILES string of the molecule is C=CCOC(=O)C(C)C.CC(=O)C(C)C.CC(C)C(=O)C(C)(C)C.CC(C)C(=O)C(Cl)(Cl)Cl.CC(C)C(=O)C(Cl)Cl.CC(C)C(=O)C(F)(F)F.CC(C)C(=O)CCl.CC(C)C(=O)OCC1c2ccccc2-c2ccccc21.CC(C)C(=O)c1ccc(Br)cc1.CC(C)C(=O)c1ccccc1.COC(=O)C(C)C.COc1ccc(C(=O)C(C)C)cc1. The minimum Gasteiger partial charge on any atom is -0.497 e. The third-order valence-electron chi connectivity index (χ3n) is 15.7. The third kappa shape index (κ3) is 58.2. The number of alkyl halides is 9. The molecule has 0 aliphatic heterocycles. The fourth-order valence-electron chi connectivity index (χ4n) is 8.21. The highest BCUT2D eigenvalue weighted by Crippen LogP contribution is 2.44. The van der Waals surface area contributed by atoms with Crippen molar-refractivity contribution in [3.05, 3.63) is 172 Å². The number of carbonyl (C=O) groups is 12. The fraction of sp³-hybridized carbons (Fsp3) is 0.532. The molecular weight excluding hydrogens is 1730 g/mol. The first-order valence-corrected chi connectivity index (χ1v) is 42.7. The summed E-state index contributed by atoms with van der Waals surface area (Å²) < 4.78 is 52.8. The lowest BCUT2D eigenvalue weighted by Crippen LogP contribution is -2.27. The molecule has 1 aliphatic carbocycles. The van der Waals surface area contributed by atoms with Crippen molar-refractivity contribution in [2.45, 2.75) is 215 Å². The summed E-state index contributed by atoms with van der Waals surface area (Å²) in [5.74, 6) is -0.887. The number of ether oxygens (including phenoxy) is 4. The summed E-state index contributed by atoms with van der Waals surface area (Å²) in [6.07, 6.45) is -3.10. The van der Waals surface area contributed by atoms with E-state index in [2.05, 4.69) is 63.6 Å². The molecule has 0 aromatic heterocycles. The molecule has 0 unspecified atom stereocenters. The predicted octanol–water partition coefficient (Wildman–Crippen LogP) is 25.8. The van der Waals surface area contributed by atoms with Crippen LogP contribution in [0, 0.1) is 76.4 Å². The maximum Gasteiger partial charge on any atom is 0.450 e. The predicted molar refractivity (Wildman–Crippen MR) is 490 cm³/mol. The molecule has 0 amide bonds. The number of ketones is 9. The maximum absolute atomic E-state index is 11.7. The number of benzene rings is 5. The van der Waals surface area contributed by atoms with Crippen molar-refractivity contribution in [3.8, 4) is 16.9 Å². The minimum atomic E-state index is -4.66. The molecule has 0 fully saturated rings. The topological polar surface area (TPSA) is 242 Å². The molecule has 0 radical (unpaired) electrons. The molecule has 26 heteroatoms. The summed E-state index contributed by atoms with van der Waals surface area (Å²) in [4.78, 5) is 129. The summed E-state index contributed by atoms with van der Waals surface area (Å²) in [5.41, 5.74) is 7.21. The summed E-state index contributed by atoms with van der Waals surface area (Å²) in [7, 11) is 3.00. The second-order valence-electron chi connectivity index (χ2n) is 31.6. The molecule has 1 aliphatic rings. The third-order valence-corrected chi connectivity index (χ3v) is 17.5. The Morgan fingerprint density at radius 1 is 0.433 bits per heavy atom. The quantitative estimate of drug-likeness (QED) is 0.0206. The van der Waals surface area contributed by atoms with Gasteiger partial charge in [-0.05, 0) is 65.6 Å². The number of methoxy groups -OCH3 is 2. The minimum absolute atomic E-state index is 0.00463. The van der Waals surface area contributed by atoms with Crippen LogP contribution in [0.3, 0.4) is 0 Å². The van der Waals surface area contributed by atoms with E-state index < -0.39 is 26.5 Å². The van der Waals surface area contributed by atoms with Crippen LogP contribution in [-0.4, -0.2) is 118 Å². The Kier molecular flexibility index (Phi) is 67.8. The van der Waals surface area contributed by atoms with Crippen LogP contribution in [0.25, 0.3) is 11.1 Å². The highest BCUT2D eigenvalue weighted by molar-refractivity contribution is 9.10. The van der Waals surface area contributed by atoms with Gasteiger partial charge in [-0.2, -0.15) is 13.2 Å². The van der Waals surface area contributed by atoms with Gasteiger partial charge >= 0.3 is 24.1 Å². The lowest BCUT2D eigenvalue weighted by molar-refractivity contribution is -0.174. The van der Waals surface area contributed by atoms with Gasteiger partial charge in [-0.25, -0.2) is 0 Å². The van der Waals surface area contributed by atoms with E-state index in [1.165, 1.54) is 43.2 Å². The number of Topliss-reactive ketones (excluding diaryl/α,β-unsaturated/α-hetero) is 9. The highest BCUT2D eigenvalue weighted by atomic mass is 79.9. The Morgan fingerprint density at radius 3 is 0.975 bits per heavy atom. The number of halogens is 10. The highest BCUT2D eigenvalue weighted by Gasteiger charge is 2.40. The van der Waals surface area contributed by atoms with Gasteiger partial charge in [0.25, 0.3) is 0 Å². The summed E-state index contributed by atoms with van der Waals surface area (Å²) in [6, 6.07) is 40.7. The van der Waals surface area contributed by atoms with Gasteiger partial charge in [0.1, 0.15) is 36.3 Å². The zero-order valence-electron chi connectivity index (χ0n) is 75.9. The van der Waals surface area contributed by atoms with E-state index in [0.717, 1.165) is 26.9 Å². The molecule has 0 spiro atoms. The second kappa shape index (κ2) is 65.7. The molecule has 0 saturated carbocycles. The molecule has 5 aromatic carbocycles. The Hall–Kier alpha value is -6.91. The van der Waals surface area contributed by atoms with E-state index >= 15 is 0 Å². The molecule has 16 nitrogen and oxygen atoms in total. The van der Waals surface area contributed by atoms with Gasteiger partial charge in [0.15, 0.2) is 33.8 Å². The number of rotatable bonds is 22. The molecule has 0 heterocycles. The average molecular weight is 1870 g/mol. The van der Waals surface area contributed by atoms with Crippen LogP contribution in [0.2, 0.25) is 0 Å². The van der Waals surface area contributed by atoms with Gasteiger partial charge in [-0.3, -0.25) is 57.5 Å². The molecule has 6 rings (SSSR count). The molecule has 0 saturated heterocycles. The van der Waals surface area contributed by atoms with Crippen molar-refractivity contribution in [1.29, 1.82) is 0 Å². The van der Waals surface area contributed by atoms with Gasteiger partial charge in [0.05, 0.1) is 37.9 Å². The van der Waals surface area contributed by atoms with Crippen LogP contribution in [0.5, 0.6) is 5.75 Å². The molecular formula is C94H134BrCl6F3O16. The first-order chi connectivity index (χ1) is 55.0. The first kappa shape index (κ1) is 124. The summed E-state index contributed by atoms with van der Waals surface area (Å²) in [6.45, 7) is 54.6. The van der Waals surface area contributed by atoms with Crippen molar-refractivity contribution in [1.82, 2.24) is 0 Å². The van der Waals surface area contributed by atoms with Crippen LogP contribution >= 0.6 is 85.5 Å². The van der Waals surface area contributed by atoms with Crippen molar-refractivity contribution in [2.24, 2.45) is 76.4 Å². The maximum atomic E-state index is 11.7. The van der Waals surface area contributed by atoms with E-state index in [4.69, 9.17) is 83.8 Å². The Bertz CT molecular complexity index is 3690. The first-order valence-electron chi connectivity index (χ1n) is 39.4. The van der Waals surface area contributed by atoms with Crippen LogP contribution < -0.4 is 4.74 Å². The van der Waals surface area contributed by atoms with E-state index in [1.807, 2.05) is 184 Å². The number of hydrogen-bond acceptors (Lipinski definition) is 16. The zero-order valence-corrected chi connectivity index (χ0v) is 82.0. The zero-order chi connectivity index (χ0) is 95.2. The largest absolute Gasteiger partial charge is 0.497 e. The van der Waals surface area contributed by atoms with Crippen LogP contribution in [0.15, 0.2) is 145 Å². The van der Waals surface area contributed by atoms with Gasteiger partial charge in [-0.15, -0.1) is 11.6 Å². The van der Waals surface area contributed by atoms with Gasteiger partial charge < -0.3 is 18.9 Å². The Balaban J connectivity index is -0.000000300.